The van der Waals surface area contributed by atoms with Crippen LogP contribution in [-0.2, 0) is 5.60 Å². The molecule has 0 saturated heterocycles. The number of hydrogen-bond donors (Lipinski definition) is 1. The number of nitrogens with zero attached hydrogens (tertiary/aromatic N) is 5. The van der Waals surface area contributed by atoms with Crippen LogP contribution in [0, 0.1) is 11.3 Å². The van der Waals surface area contributed by atoms with Gasteiger partial charge >= 0.3 is 0 Å². The molecule has 0 bridgehead atoms. The van der Waals surface area contributed by atoms with Crippen molar-refractivity contribution in [1.29, 1.82) is 5.26 Å². The first-order valence-electron chi connectivity index (χ1n) is 13.4. The number of rotatable bonds is 10. The molecule has 0 amide bonds. The largest absolute Gasteiger partial charge is 0.484 e. The quantitative estimate of drug-likeness (QED) is 0.299. The molecule has 218 valence electrons. The van der Waals surface area contributed by atoms with Crippen LogP contribution >= 0.6 is 0 Å². The third kappa shape index (κ3) is 5.46. The second kappa shape index (κ2) is 12.1. The van der Waals surface area contributed by atoms with E-state index in [1.807, 2.05) is 31.1 Å². The Hall–Kier alpha value is -4.66. The van der Waals surface area contributed by atoms with Crippen molar-refractivity contribution in [3.05, 3.63) is 70.9 Å². The number of hydrogen-bond acceptors (Lipinski definition) is 11. The van der Waals surface area contributed by atoms with E-state index in [1.165, 1.54) is 21.3 Å². The molecule has 3 aromatic heterocycles. The summed E-state index contributed by atoms with van der Waals surface area (Å²) in [6.07, 6.45) is 1.91. The Morgan fingerprint density at radius 1 is 0.976 bits per heavy atom. The second-order valence-electron chi connectivity index (χ2n) is 10.2. The average molecular weight is 572 g/mol. The first-order valence-corrected chi connectivity index (χ1v) is 13.4. The number of ether oxygens (including phenoxy) is 5. The van der Waals surface area contributed by atoms with Crippen LogP contribution in [0.25, 0.3) is 10.9 Å². The van der Waals surface area contributed by atoms with Gasteiger partial charge in [-0.15, -0.1) is 0 Å². The Morgan fingerprint density at radius 2 is 1.71 bits per heavy atom. The molecule has 0 aliphatic carbocycles. The smallest absolute Gasteiger partial charge is 0.257 e. The summed E-state index contributed by atoms with van der Waals surface area (Å²) in [5.41, 5.74) is 1.24. The highest BCUT2D eigenvalue weighted by Gasteiger charge is 2.45. The number of fused-ring (bicyclic) bond motifs is 2. The molecule has 11 heteroatoms. The van der Waals surface area contributed by atoms with E-state index in [4.69, 9.17) is 28.7 Å². The summed E-state index contributed by atoms with van der Waals surface area (Å²) in [5.74, 6) is 0.831. The van der Waals surface area contributed by atoms with Gasteiger partial charge in [-0.05, 0) is 56.4 Å². The second-order valence-corrected chi connectivity index (χ2v) is 10.2. The van der Waals surface area contributed by atoms with Gasteiger partial charge in [-0.1, -0.05) is 0 Å². The van der Waals surface area contributed by atoms with Crippen molar-refractivity contribution in [3.8, 4) is 35.3 Å². The molecular formula is C31H33N5O6. The normalized spacial score (nSPS) is 14.6. The Labute approximate surface area is 244 Å². The van der Waals surface area contributed by atoms with Gasteiger partial charge in [-0.2, -0.15) is 10.2 Å². The molecule has 2 atom stereocenters. The van der Waals surface area contributed by atoms with E-state index in [0.29, 0.717) is 65.0 Å². The molecule has 4 aromatic rings. The molecule has 1 aromatic carbocycles. The molecule has 0 saturated carbocycles. The highest BCUT2D eigenvalue weighted by Crippen LogP contribution is 2.52. The monoisotopic (exact) mass is 571 g/mol. The topological polar surface area (TPSA) is 132 Å². The molecule has 0 fully saturated rings. The number of nitriles is 1. The summed E-state index contributed by atoms with van der Waals surface area (Å²) in [4.78, 5) is 15.5. The lowest BCUT2D eigenvalue weighted by atomic mass is 9.71. The number of benzene rings is 1. The van der Waals surface area contributed by atoms with Crippen molar-refractivity contribution in [2.24, 2.45) is 0 Å². The molecule has 42 heavy (non-hydrogen) atoms. The van der Waals surface area contributed by atoms with Crippen LogP contribution in [0.15, 0.2) is 48.7 Å². The minimum Gasteiger partial charge on any atom is -0.484 e. The van der Waals surface area contributed by atoms with E-state index in [1.54, 1.807) is 36.5 Å². The van der Waals surface area contributed by atoms with Crippen LogP contribution in [0.2, 0.25) is 0 Å². The zero-order chi connectivity index (χ0) is 29.9. The van der Waals surface area contributed by atoms with Gasteiger partial charge in [0.1, 0.15) is 18.8 Å². The Bertz CT molecular complexity index is 1620. The van der Waals surface area contributed by atoms with Crippen LogP contribution in [0.5, 0.6) is 29.3 Å². The molecule has 4 heterocycles. The lowest BCUT2D eigenvalue weighted by molar-refractivity contribution is 0.00206. The number of pyridine rings is 3. The summed E-state index contributed by atoms with van der Waals surface area (Å²) in [6, 6.07) is 14.5. The number of methoxy groups -OCH3 is 3. The predicted molar refractivity (Wildman–Crippen MR) is 154 cm³/mol. The lowest BCUT2D eigenvalue weighted by Crippen LogP contribution is -2.38. The molecular weight excluding hydrogens is 538 g/mol. The minimum absolute atomic E-state index is 0.276. The SMILES string of the molecule is COc1cc(C(O)(CCN(C)C)C(c2cc3cc(C#N)ccc3nc2OC)c2ccnc3c2OCCO3)cc(OC)n1. The van der Waals surface area contributed by atoms with Gasteiger partial charge in [0.2, 0.25) is 17.6 Å². The standard InChI is InChI=1S/C31H33N5O6/c1-36(2)11-9-31(37,21-16-25(38-3)35-26(17-21)39-4)27(22-8-10-33-30-28(22)41-12-13-42-30)23-15-20-14-19(18-32)6-7-24(20)34-29(23)40-5/h6-8,10,14-17,27,37H,9,11-13H2,1-5H3. The van der Waals surface area contributed by atoms with Gasteiger partial charge in [0, 0.05) is 41.4 Å². The van der Waals surface area contributed by atoms with Crippen molar-refractivity contribution in [2.75, 3.05) is 55.2 Å². The van der Waals surface area contributed by atoms with Crippen LogP contribution in [-0.4, -0.2) is 80.1 Å². The Balaban J connectivity index is 1.87. The van der Waals surface area contributed by atoms with Crippen LogP contribution in [0.1, 0.15) is 34.6 Å². The summed E-state index contributed by atoms with van der Waals surface area (Å²) in [6.45, 7) is 1.20. The molecule has 5 rings (SSSR count). The molecule has 1 N–H and O–H groups in total. The van der Waals surface area contributed by atoms with Crippen molar-refractivity contribution >= 4 is 10.9 Å². The van der Waals surface area contributed by atoms with Crippen molar-refractivity contribution < 1.29 is 28.8 Å². The summed E-state index contributed by atoms with van der Waals surface area (Å²) < 4.78 is 28.8. The first-order chi connectivity index (χ1) is 20.3. The zero-order valence-corrected chi connectivity index (χ0v) is 24.2. The third-order valence-corrected chi connectivity index (χ3v) is 7.34. The van der Waals surface area contributed by atoms with E-state index < -0.39 is 11.5 Å². The average Bonchev–Trinajstić information content (AvgIpc) is 3.03. The molecule has 0 spiro atoms. The molecule has 11 nitrogen and oxygen atoms in total. The van der Waals surface area contributed by atoms with Gasteiger partial charge in [-0.3, -0.25) is 0 Å². The summed E-state index contributed by atoms with van der Waals surface area (Å²) in [7, 11) is 8.44. The maximum atomic E-state index is 13.1. The maximum Gasteiger partial charge on any atom is 0.257 e. The van der Waals surface area contributed by atoms with Crippen LogP contribution in [0.4, 0.5) is 0 Å². The molecule has 1 aliphatic rings. The van der Waals surface area contributed by atoms with Gasteiger partial charge in [-0.25, -0.2) is 9.97 Å². The van der Waals surface area contributed by atoms with Crippen LogP contribution in [0.3, 0.4) is 0 Å². The molecule has 0 radical (unpaired) electrons. The Kier molecular flexibility index (Phi) is 8.29. The van der Waals surface area contributed by atoms with Crippen molar-refractivity contribution in [1.82, 2.24) is 19.9 Å². The molecule has 1 aliphatic heterocycles. The highest BCUT2D eigenvalue weighted by atomic mass is 16.6. The Morgan fingerprint density at radius 3 is 2.38 bits per heavy atom. The minimum atomic E-state index is -1.61. The predicted octanol–water partition coefficient (Wildman–Crippen LogP) is 3.66. The van der Waals surface area contributed by atoms with Gasteiger partial charge in [0.05, 0.1) is 44.4 Å². The van der Waals surface area contributed by atoms with Gasteiger partial charge in [0.15, 0.2) is 5.75 Å². The fourth-order valence-corrected chi connectivity index (χ4v) is 5.29. The number of aliphatic hydroxyl groups is 1. The van der Waals surface area contributed by atoms with Gasteiger partial charge < -0.3 is 33.7 Å². The fourth-order valence-electron chi connectivity index (χ4n) is 5.29. The summed E-state index contributed by atoms with van der Waals surface area (Å²) >= 11 is 0. The fraction of sp³-hybridized carbons (Fsp3) is 0.355. The van der Waals surface area contributed by atoms with E-state index in [2.05, 4.69) is 16.0 Å². The summed E-state index contributed by atoms with van der Waals surface area (Å²) in [5, 5.41) is 23.4. The highest BCUT2D eigenvalue weighted by molar-refractivity contribution is 5.82. The van der Waals surface area contributed by atoms with Crippen molar-refractivity contribution in [3.63, 3.8) is 0 Å². The van der Waals surface area contributed by atoms with E-state index in [0.717, 1.165) is 5.39 Å². The van der Waals surface area contributed by atoms with Crippen molar-refractivity contribution in [2.45, 2.75) is 17.9 Å². The first kappa shape index (κ1) is 28.9. The maximum absolute atomic E-state index is 13.1. The van der Waals surface area contributed by atoms with E-state index >= 15 is 0 Å². The third-order valence-electron chi connectivity index (χ3n) is 7.34. The van der Waals surface area contributed by atoms with Gasteiger partial charge in [0.25, 0.3) is 5.88 Å². The zero-order valence-electron chi connectivity index (χ0n) is 24.2. The van der Waals surface area contributed by atoms with E-state index in [-0.39, 0.29) is 18.2 Å². The van der Waals surface area contributed by atoms with Crippen LogP contribution < -0.4 is 23.7 Å². The molecule has 2 unspecified atom stereocenters. The lowest BCUT2D eigenvalue weighted by Gasteiger charge is -2.39. The number of aromatic nitrogens is 3. The van der Waals surface area contributed by atoms with E-state index in [9.17, 15) is 10.4 Å².